The normalized spacial score (nSPS) is 26.6. The number of amides is 1. The lowest BCUT2D eigenvalue weighted by atomic mass is 9.73. The summed E-state index contributed by atoms with van der Waals surface area (Å²) in [5.41, 5.74) is -0.520. The Hall–Kier alpha value is -0.570. The lowest BCUT2D eigenvalue weighted by molar-refractivity contribution is -0.135. The SMILES string of the molecule is CC1(C(=O)NC2(CO)CCCCC2)CCCCC1. The topological polar surface area (TPSA) is 49.3 Å². The molecule has 0 radical (unpaired) electrons. The molecule has 1 amide bonds. The molecule has 0 bridgehead atoms. The number of nitrogens with one attached hydrogen (secondary N) is 1. The predicted octanol–water partition coefficient (Wildman–Crippen LogP) is 2.77. The highest BCUT2D eigenvalue weighted by Gasteiger charge is 2.40. The van der Waals surface area contributed by atoms with Gasteiger partial charge in [0.05, 0.1) is 12.1 Å². The first-order valence-corrected chi connectivity index (χ1v) is 7.54. The van der Waals surface area contributed by atoms with Gasteiger partial charge in [-0.25, -0.2) is 0 Å². The molecule has 0 saturated heterocycles. The van der Waals surface area contributed by atoms with Crippen molar-refractivity contribution in [1.29, 1.82) is 0 Å². The van der Waals surface area contributed by atoms with Crippen LogP contribution in [0.25, 0.3) is 0 Å². The molecule has 0 aliphatic heterocycles. The molecule has 0 aromatic carbocycles. The van der Waals surface area contributed by atoms with Gasteiger partial charge in [-0.15, -0.1) is 0 Å². The van der Waals surface area contributed by atoms with Crippen LogP contribution in [0.5, 0.6) is 0 Å². The molecule has 2 aliphatic carbocycles. The van der Waals surface area contributed by atoms with Crippen molar-refractivity contribution in [3.63, 3.8) is 0 Å². The van der Waals surface area contributed by atoms with E-state index in [1.807, 2.05) is 0 Å². The van der Waals surface area contributed by atoms with Gasteiger partial charge in [0, 0.05) is 5.41 Å². The molecule has 2 saturated carbocycles. The zero-order valence-electron chi connectivity index (χ0n) is 11.6. The number of hydrogen-bond donors (Lipinski definition) is 2. The molecule has 3 nitrogen and oxygen atoms in total. The summed E-state index contributed by atoms with van der Waals surface area (Å²) < 4.78 is 0. The van der Waals surface area contributed by atoms with Gasteiger partial charge >= 0.3 is 0 Å². The van der Waals surface area contributed by atoms with Crippen LogP contribution in [0.15, 0.2) is 0 Å². The van der Waals surface area contributed by atoms with Crippen molar-refractivity contribution in [2.75, 3.05) is 6.61 Å². The summed E-state index contributed by atoms with van der Waals surface area (Å²) >= 11 is 0. The van der Waals surface area contributed by atoms with Crippen LogP contribution in [0.2, 0.25) is 0 Å². The molecule has 0 unspecified atom stereocenters. The summed E-state index contributed by atoms with van der Waals surface area (Å²) in [5.74, 6) is 0.179. The Morgan fingerprint density at radius 3 is 2.00 bits per heavy atom. The second-order valence-corrected chi connectivity index (χ2v) is 6.57. The maximum atomic E-state index is 12.5. The van der Waals surface area contributed by atoms with Gasteiger partial charge in [0.15, 0.2) is 0 Å². The molecule has 3 heteroatoms. The number of carbonyl (C=O) groups is 1. The van der Waals surface area contributed by atoms with Crippen LogP contribution in [-0.4, -0.2) is 23.2 Å². The van der Waals surface area contributed by atoms with Crippen LogP contribution in [-0.2, 0) is 4.79 Å². The van der Waals surface area contributed by atoms with E-state index in [1.165, 1.54) is 12.8 Å². The highest BCUT2D eigenvalue weighted by molar-refractivity contribution is 5.83. The third-order valence-electron chi connectivity index (χ3n) is 5.00. The van der Waals surface area contributed by atoms with Gasteiger partial charge in [-0.1, -0.05) is 45.4 Å². The van der Waals surface area contributed by atoms with Gasteiger partial charge in [-0.05, 0) is 25.7 Å². The number of aliphatic hydroxyl groups excluding tert-OH is 1. The average Bonchev–Trinajstić information content (AvgIpc) is 2.40. The summed E-state index contributed by atoms with van der Waals surface area (Å²) in [6.07, 6.45) is 10.9. The van der Waals surface area contributed by atoms with Crippen molar-refractivity contribution >= 4 is 5.91 Å². The Kier molecular flexibility index (Phi) is 4.31. The minimum Gasteiger partial charge on any atom is -0.394 e. The Morgan fingerprint density at radius 1 is 1.00 bits per heavy atom. The molecule has 2 N–H and O–H groups in total. The number of carbonyl (C=O) groups excluding carboxylic acids is 1. The van der Waals surface area contributed by atoms with Crippen LogP contribution in [0.4, 0.5) is 0 Å². The van der Waals surface area contributed by atoms with Crippen LogP contribution in [0.1, 0.15) is 71.1 Å². The highest BCUT2D eigenvalue weighted by Crippen LogP contribution is 2.37. The van der Waals surface area contributed by atoms with Crippen molar-refractivity contribution in [3.05, 3.63) is 0 Å². The fourth-order valence-corrected chi connectivity index (χ4v) is 3.50. The summed E-state index contributed by atoms with van der Waals surface area (Å²) in [6, 6.07) is 0. The first-order chi connectivity index (χ1) is 8.60. The van der Waals surface area contributed by atoms with E-state index in [-0.39, 0.29) is 23.5 Å². The van der Waals surface area contributed by atoms with Crippen LogP contribution < -0.4 is 5.32 Å². The number of rotatable bonds is 3. The molecule has 0 aromatic heterocycles. The zero-order chi connectivity index (χ0) is 13.1. The van der Waals surface area contributed by atoms with Gasteiger partial charge in [0.1, 0.15) is 0 Å². The summed E-state index contributed by atoms with van der Waals surface area (Å²) in [5, 5.41) is 12.9. The van der Waals surface area contributed by atoms with Gasteiger partial charge in [-0.2, -0.15) is 0 Å². The first-order valence-electron chi connectivity index (χ1n) is 7.54. The molecule has 0 aromatic rings. The Labute approximate surface area is 110 Å². The molecule has 0 spiro atoms. The highest BCUT2D eigenvalue weighted by atomic mass is 16.3. The van der Waals surface area contributed by atoms with E-state index in [0.717, 1.165) is 51.4 Å². The van der Waals surface area contributed by atoms with E-state index in [2.05, 4.69) is 12.2 Å². The van der Waals surface area contributed by atoms with Crippen molar-refractivity contribution in [2.24, 2.45) is 5.41 Å². The lowest BCUT2D eigenvalue weighted by Crippen LogP contribution is -2.56. The fraction of sp³-hybridized carbons (Fsp3) is 0.933. The quantitative estimate of drug-likeness (QED) is 0.812. The summed E-state index contributed by atoms with van der Waals surface area (Å²) in [4.78, 5) is 12.5. The molecule has 0 atom stereocenters. The minimum atomic E-state index is -0.324. The van der Waals surface area contributed by atoms with Crippen LogP contribution in [0, 0.1) is 5.41 Å². The van der Waals surface area contributed by atoms with Crippen molar-refractivity contribution in [1.82, 2.24) is 5.32 Å². The first kappa shape index (κ1) is 13.9. The Morgan fingerprint density at radius 2 is 1.50 bits per heavy atom. The standard InChI is InChI=1S/C15H27NO2/c1-14(8-4-2-5-9-14)13(18)16-15(12-17)10-6-3-7-11-15/h17H,2-12H2,1H3,(H,16,18). The average molecular weight is 253 g/mol. The number of aliphatic hydroxyl groups is 1. The van der Waals surface area contributed by atoms with Gasteiger partial charge in [0.25, 0.3) is 0 Å². The Balaban J connectivity index is 2.00. The molecule has 0 heterocycles. The molecule has 2 rings (SSSR count). The smallest absolute Gasteiger partial charge is 0.226 e. The van der Waals surface area contributed by atoms with E-state index in [4.69, 9.17) is 0 Å². The second kappa shape index (κ2) is 5.60. The van der Waals surface area contributed by atoms with E-state index in [1.54, 1.807) is 0 Å². The second-order valence-electron chi connectivity index (χ2n) is 6.57. The van der Waals surface area contributed by atoms with Crippen LogP contribution in [0.3, 0.4) is 0 Å². The van der Waals surface area contributed by atoms with E-state index < -0.39 is 0 Å². The van der Waals surface area contributed by atoms with Crippen molar-refractivity contribution < 1.29 is 9.90 Å². The zero-order valence-corrected chi connectivity index (χ0v) is 11.6. The monoisotopic (exact) mass is 253 g/mol. The third kappa shape index (κ3) is 2.87. The van der Waals surface area contributed by atoms with E-state index in [0.29, 0.717) is 0 Å². The molecule has 18 heavy (non-hydrogen) atoms. The molecule has 2 fully saturated rings. The lowest BCUT2D eigenvalue weighted by Gasteiger charge is -2.41. The summed E-state index contributed by atoms with van der Waals surface area (Å²) in [7, 11) is 0. The summed E-state index contributed by atoms with van der Waals surface area (Å²) in [6.45, 7) is 2.18. The maximum absolute atomic E-state index is 12.5. The van der Waals surface area contributed by atoms with E-state index >= 15 is 0 Å². The van der Waals surface area contributed by atoms with Crippen LogP contribution >= 0.6 is 0 Å². The molecular weight excluding hydrogens is 226 g/mol. The number of hydrogen-bond acceptors (Lipinski definition) is 2. The largest absolute Gasteiger partial charge is 0.394 e. The van der Waals surface area contributed by atoms with E-state index in [9.17, 15) is 9.90 Å². The fourth-order valence-electron chi connectivity index (χ4n) is 3.50. The van der Waals surface area contributed by atoms with Gasteiger partial charge in [0.2, 0.25) is 5.91 Å². The van der Waals surface area contributed by atoms with Gasteiger partial charge < -0.3 is 10.4 Å². The Bertz CT molecular complexity index is 289. The van der Waals surface area contributed by atoms with Gasteiger partial charge in [-0.3, -0.25) is 4.79 Å². The maximum Gasteiger partial charge on any atom is 0.226 e. The molecular formula is C15H27NO2. The minimum absolute atomic E-state index is 0.0921. The van der Waals surface area contributed by atoms with Crippen molar-refractivity contribution in [3.8, 4) is 0 Å². The third-order valence-corrected chi connectivity index (χ3v) is 5.00. The predicted molar refractivity (Wildman–Crippen MR) is 72.2 cm³/mol. The van der Waals surface area contributed by atoms with Crippen molar-refractivity contribution in [2.45, 2.75) is 76.7 Å². The molecule has 2 aliphatic rings. The molecule has 104 valence electrons.